The highest BCUT2D eigenvalue weighted by Gasteiger charge is 2.27. The predicted octanol–water partition coefficient (Wildman–Crippen LogP) is 6.54. The minimum absolute atomic E-state index is 0.0118. The summed E-state index contributed by atoms with van der Waals surface area (Å²) in [4.78, 5) is 44.3. The van der Waals surface area contributed by atoms with E-state index < -0.39 is 29.9 Å². The van der Waals surface area contributed by atoms with Crippen molar-refractivity contribution >= 4 is 24.0 Å². The molecular weight excluding hydrogens is 757 g/mol. The summed E-state index contributed by atoms with van der Waals surface area (Å²) in [5.41, 5.74) is 9.79. The maximum absolute atomic E-state index is 12.3. The van der Waals surface area contributed by atoms with E-state index in [9.17, 15) is 24.3 Å². The van der Waals surface area contributed by atoms with Crippen LogP contribution in [0.3, 0.4) is 0 Å². The summed E-state index contributed by atoms with van der Waals surface area (Å²) < 4.78 is 0. The number of aliphatic carboxylic acids is 3. The highest BCUT2D eigenvalue weighted by atomic mass is 16.4. The van der Waals surface area contributed by atoms with Gasteiger partial charge in [0.05, 0.1) is 5.92 Å². The average Bonchev–Trinajstić information content (AvgIpc) is 3.19. The third-order valence-electron chi connectivity index (χ3n) is 10.8. The fourth-order valence-electron chi connectivity index (χ4n) is 7.42. The monoisotopic (exact) mass is 845 g/mol. The van der Waals surface area contributed by atoms with Crippen molar-refractivity contribution in [1.82, 2.24) is 43.2 Å². The number of carboxylic acids is 3. The highest BCUT2D eigenvalue weighted by molar-refractivity contribution is 5.70. The van der Waals surface area contributed by atoms with E-state index in [4.69, 9.17) is 15.3 Å². The molecule has 0 aliphatic carbocycles. The van der Waals surface area contributed by atoms with Crippen molar-refractivity contribution in [3.05, 3.63) is 0 Å². The first-order valence-electron chi connectivity index (χ1n) is 23.4. The Labute approximate surface area is 356 Å². The van der Waals surface area contributed by atoms with Crippen LogP contribution in [0.4, 0.5) is 4.79 Å². The number of amides is 1. The topological polar surface area (TPSA) is 245 Å². The van der Waals surface area contributed by atoms with Gasteiger partial charge in [-0.2, -0.15) is 11.1 Å². The Morgan fingerprint density at radius 2 is 0.729 bits per heavy atom. The standard InChI is InChI=1S/C43H88N8O8/c52-40(53)26-22-25-38(24-18-14-10-6-4-2-1-3-5-7-13-17-21-32-48-50-51-49-43(58)59)39(42(56)57)28-33-47-37-36-45-30-20-16-12-9-8-11-15-19-29-44-34-35-46-31-23-27-41(54)55/h38-39,44-51H,1-37H2,(H,52,53)(H,54,55)(H,56,57)(H,58,59). The van der Waals surface area contributed by atoms with Gasteiger partial charge < -0.3 is 41.7 Å². The van der Waals surface area contributed by atoms with Gasteiger partial charge in [0, 0.05) is 45.6 Å². The van der Waals surface area contributed by atoms with Gasteiger partial charge in [-0.3, -0.25) is 14.4 Å². The van der Waals surface area contributed by atoms with E-state index in [1.54, 1.807) is 0 Å². The molecule has 0 aliphatic heterocycles. The second-order valence-electron chi connectivity index (χ2n) is 16.1. The maximum atomic E-state index is 12.3. The summed E-state index contributed by atoms with van der Waals surface area (Å²) in [5, 5.41) is 50.0. The molecule has 2 atom stereocenters. The number of carbonyl (C=O) groups is 4. The van der Waals surface area contributed by atoms with Crippen LogP contribution >= 0.6 is 0 Å². The van der Waals surface area contributed by atoms with Crippen LogP contribution in [-0.2, 0) is 14.4 Å². The van der Waals surface area contributed by atoms with E-state index >= 15 is 0 Å². The number of rotatable bonds is 49. The lowest BCUT2D eigenvalue weighted by molar-refractivity contribution is -0.144. The molecule has 2 unspecified atom stereocenters. The SMILES string of the molecule is O=C(O)CCCNCCNCCCCCCCCCCNCCNCCC(C(=O)O)C(CCCCCCCCCCCCCCCNNNNC(=O)O)CCCC(=O)O. The molecule has 1 amide bonds. The predicted molar refractivity (Wildman–Crippen MR) is 236 cm³/mol. The van der Waals surface area contributed by atoms with Gasteiger partial charge in [-0.1, -0.05) is 116 Å². The molecule has 0 heterocycles. The summed E-state index contributed by atoms with van der Waals surface area (Å²) in [6.07, 6.45) is 27.9. The molecule has 0 aromatic rings. The second kappa shape index (κ2) is 44.9. The van der Waals surface area contributed by atoms with Crippen molar-refractivity contribution in [2.45, 2.75) is 180 Å². The van der Waals surface area contributed by atoms with Crippen LogP contribution in [0.15, 0.2) is 0 Å². The molecule has 0 radical (unpaired) electrons. The number of hydrazine groups is 3. The van der Waals surface area contributed by atoms with E-state index in [-0.39, 0.29) is 18.8 Å². The molecule has 59 heavy (non-hydrogen) atoms. The third-order valence-corrected chi connectivity index (χ3v) is 10.8. The lowest BCUT2D eigenvalue weighted by Crippen LogP contribution is -2.52. The van der Waals surface area contributed by atoms with E-state index in [0.29, 0.717) is 32.2 Å². The second-order valence-corrected chi connectivity index (χ2v) is 16.1. The number of unbranched alkanes of at least 4 members (excludes halogenated alkanes) is 19. The zero-order valence-electron chi connectivity index (χ0n) is 36.7. The van der Waals surface area contributed by atoms with Crippen molar-refractivity contribution in [2.24, 2.45) is 11.8 Å². The molecular formula is C43H88N8O8. The van der Waals surface area contributed by atoms with Crippen molar-refractivity contribution in [1.29, 1.82) is 0 Å². The zero-order valence-corrected chi connectivity index (χ0v) is 36.7. The maximum Gasteiger partial charge on any atom is 0.420 e. The van der Waals surface area contributed by atoms with Crippen LogP contribution in [0.5, 0.6) is 0 Å². The Bertz CT molecular complexity index is 984. The van der Waals surface area contributed by atoms with Crippen LogP contribution in [0.1, 0.15) is 180 Å². The zero-order chi connectivity index (χ0) is 43.3. The Kier molecular flexibility index (Phi) is 43.0. The van der Waals surface area contributed by atoms with Crippen LogP contribution in [0.25, 0.3) is 0 Å². The molecule has 348 valence electrons. The number of nitrogens with one attached hydrogen (secondary N) is 8. The van der Waals surface area contributed by atoms with Crippen molar-refractivity contribution < 1.29 is 39.6 Å². The minimum atomic E-state index is -1.15. The van der Waals surface area contributed by atoms with Crippen molar-refractivity contribution in [2.75, 3.05) is 58.9 Å². The molecule has 0 aromatic heterocycles. The largest absolute Gasteiger partial charge is 0.481 e. The molecule has 16 nitrogen and oxygen atoms in total. The summed E-state index contributed by atoms with van der Waals surface area (Å²) >= 11 is 0. The lowest BCUT2D eigenvalue weighted by Gasteiger charge is -2.24. The van der Waals surface area contributed by atoms with Crippen molar-refractivity contribution in [3.63, 3.8) is 0 Å². The Balaban J connectivity index is 3.85. The number of hydrogen-bond acceptors (Lipinski definition) is 11. The van der Waals surface area contributed by atoms with E-state index in [2.05, 4.69) is 37.8 Å². The number of carboxylic acid groups (broad SMARTS) is 4. The van der Waals surface area contributed by atoms with Gasteiger partial charge >= 0.3 is 24.0 Å². The van der Waals surface area contributed by atoms with Gasteiger partial charge in [0.25, 0.3) is 0 Å². The van der Waals surface area contributed by atoms with Crippen molar-refractivity contribution in [3.8, 4) is 0 Å². The summed E-state index contributed by atoms with van der Waals surface area (Å²) in [6, 6.07) is 0. The fourth-order valence-corrected chi connectivity index (χ4v) is 7.42. The Hall–Kier alpha value is -2.60. The molecule has 0 rings (SSSR count). The van der Waals surface area contributed by atoms with E-state index in [1.165, 1.54) is 109 Å². The normalized spacial score (nSPS) is 12.4. The quantitative estimate of drug-likeness (QED) is 0.0230. The third kappa shape index (κ3) is 44.8. The van der Waals surface area contributed by atoms with Gasteiger partial charge in [0.15, 0.2) is 0 Å². The molecule has 16 heteroatoms. The molecule has 0 aliphatic rings. The lowest BCUT2D eigenvalue weighted by atomic mass is 9.81. The van der Waals surface area contributed by atoms with E-state index in [1.807, 2.05) is 5.43 Å². The first kappa shape index (κ1) is 56.4. The fraction of sp³-hybridized carbons (Fsp3) is 0.907. The molecule has 12 N–H and O–H groups in total. The van der Waals surface area contributed by atoms with Crippen LogP contribution in [0.2, 0.25) is 0 Å². The van der Waals surface area contributed by atoms with Gasteiger partial charge in [0.2, 0.25) is 0 Å². The summed E-state index contributed by atoms with van der Waals surface area (Å²) in [6.45, 7) is 7.68. The first-order valence-corrected chi connectivity index (χ1v) is 23.4. The Morgan fingerprint density at radius 3 is 1.17 bits per heavy atom. The van der Waals surface area contributed by atoms with Crippen LogP contribution in [-0.4, -0.2) is 103 Å². The number of hydrogen-bond donors (Lipinski definition) is 12. The minimum Gasteiger partial charge on any atom is -0.481 e. The van der Waals surface area contributed by atoms with E-state index in [0.717, 1.165) is 84.5 Å². The summed E-state index contributed by atoms with van der Waals surface area (Å²) in [7, 11) is 0. The molecule has 0 saturated heterocycles. The Morgan fingerprint density at radius 1 is 0.356 bits per heavy atom. The van der Waals surface area contributed by atoms with Crippen LogP contribution < -0.4 is 43.2 Å². The molecule has 0 fully saturated rings. The molecule has 0 spiro atoms. The average molecular weight is 845 g/mol. The highest BCUT2D eigenvalue weighted by Crippen LogP contribution is 2.28. The molecule has 0 saturated carbocycles. The first-order chi connectivity index (χ1) is 28.7. The molecule has 0 bridgehead atoms. The van der Waals surface area contributed by atoms with Gasteiger partial charge in [-0.25, -0.2) is 15.6 Å². The smallest absolute Gasteiger partial charge is 0.420 e. The van der Waals surface area contributed by atoms with Gasteiger partial charge in [-0.05, 0) is 83.5 Å². The molecule has 0 aromatic carbocycles. The summed E-state index contributed by atoms with van der Waals surface area (Å²) in [5.74, 6) is -2.75. The van der Waals surface area contributed by atoms with Crippen LogP contribution in [0, 0.1) is 11.8 Å². The van der Waals surface area contributed by atoms with Gasteiger partial charge in [-0.15, -0.1) is 0 Å². The van der Waals surface area contributed by atoms with Gasteiger partial charge in [0.1, 0.15) is 0 Å².